The van der Waals surface area contributed by atoms with Crippen molar-refractivity contribution >= 4 is 86.5 Å². The number of carbonyl (C=O) groups excluding carboxylic acids is 5. The van der Waals surface area contributed by atoms with Gasteiger partial charge in [0.1, 0.15) is 23.9 Å². The summed E-state index contributed by atoms with van der Waals surface area (Å²) in [5, 5.41) is 75.4. The van der Waals surface area contributed by atoms with E-state index >= 15 is 0 Å². The lowest BCUT2D eigenvalue weighted by atomic mass is 10.0. The summed E-state index contributed by atoms with van der Waals surface area (Å²) in [7, 11) is -4.40. The standard InChI is InChI=1S/C54H81N11O23S3/c1-34-28-39(29-35(2)49(34)91(77,78)64-41(52(73)74)32-61-50(71)37-9-11-42-38(30-37)31-62-65(42)19-5-13-58-54-59-16-17-60-54)82-22-4-8-44(67)55-14-6-20-79-24-26-81-27-25-80-21-7-15-57-51(72)40(63-36(3)66)10-12-45(68)56-18-23-83-53-47(70)48(90-88-86-76)46(69)43(84-53)33-89-87-85-75/h9,11,16-17,28-31,40-41,43,46-48,53,64,69-70,75-76H,4-8,10,12-15,18-27,32-33H2,1-3H3,(H,55,67)(H,56,68)(H,57,72)(H,61,71)(H,63,66)(H,73,74)(H2,58,59,60)/t40-,41+,43?,46?,47?,48?,53?/m1/s1. The average molecular weight is 1350 g/mol. The zero-order valence-corrected chi connectivity index (χ0v) is 52.8. The van der Waals surface area contributed by atoms with Gasteiger partial charge in [-0.25, -0.2) is 23.9 Å². The van der Waals surface area contributed by atoms with E-state index in [4.69, 9.17) is 38.9 Å². The Bertz CT molecular complexity index is 2970. The van der Waals surface area contributed by atoms with E-state index in [1.807, 2.05) is 4.68 Å². The van der Waals surface area contributed by atoms with Gasteiger partial charge in [0.25, 0.3) is 5.91 Å². The number of carbonyl (C=O) groups is 6. The second-order valence-corrected chi connectivity index (χ2v) is 23.5. The number of rotatable bonds is 47. The van der Waals surface area contributed by atoms with Gasteiger partial charge in [0.05, 0.1) is 79.5 Å². The lowest BCUT2D eigenvalue weighted by Crippen LogP contribution is -2.58. The quantitative estimate of drug-likeness (QED) is 0.0125. The Balaban J connectivity index is 0.852. The third kappa shape index (κ3) is 27.0. The molecule has 508 valence electrons. The number of sulfonamides is 1. The Labute approximate surface area is 532 Å². The van der Waals surface area contributed by atoms with Crippen molar-refractivity contribution < 1.29 is 110 Å². The fourth-order valence-corrected chi connectivity index (χ4v) is 11.8. The van der Waals surface area contributed by atoms with Gasteiger partial charge in [0, 0.05) is 120 Å². The Hall–Kier alpha value is -6.37. The van der Waals surface area contributed by atoms with Crippen LogP contribution in [0.3, 0.4) is 0 Å². The van der Waals surface area contributed by atoms with Crippen LogP contribution in [0.5, 0.6) is 5.75 Å². The van der Waals surface area contributed by atoms with Crippen LogP contribution in [0, 0.1) is 13.8 Å². The molecule has 0 saturated carbocycles. The summed E-state index contributed by atoms with van der Waals surface area (Å²) >= 11 is 0.981. The zero-order chi connectivity index (χ0) is 66.0. The number of hydrogen-bond acceptors (Lipinski definition) is 27. The largest absolute Gasteiger partial charge is 0.494 e. The van der Waals surface area contributed by atoms with Crippen LogP contribution in [0.25, 0.3) is 10.9 Å². The molecule has 2 aromatic carbocycles. The predicted molar refractivity (Wildman–Crippen MR) is 324 cm³/mol. The minimum Gasteiger partial charge on any atom is -0.494 e. The first-order valence-electron chi connectivity index (χ1n) is 29.0. The van der Waals surface area contributed by atoms with Crippen molar-refractivity contribution in [2.75, 3.05) is 96.6 Å². The molecule has 0 radical (unpaired) electrons. The number of aliphatic hydroxyl groups excluding tert-OH is 2. The molecule has 7 atom stereocenters. The van der Waals surface area contributed by atoms with E-state index in [-0.39, 0.29) is 67.7 Å². The van der Waals surface area contributed by atoms with E-state index in [9.17, 15) is 52.5 Å². The number of carboxylic acids is 1. The fourth-order valence-electron chi connectivity index (χ4n) is 9.02. The van der Waals surface area contributed by atoms with Crippen LogP contribution in [0.2, 0.25) is 0 Å². The highest BCUT2D eigenvalue weighted by Crippen LogP contribution is 2.33. The lowest BCUT2D eigenvalue weighted by molar-refractivity contribution is -0.433. The van der Waals surface area contributed by atoms with E-state index in [1.54, 1.807) is 50.6 Å². The number of nitrogens with zero attached hydrogens (tertiary/aromatic N) is 3. The average Bonchev–Trinajstić information content (AvgIpc) is 2.28. The fraction of sp³-hybridized carbons (Fsp3) is 0.593. The molecule has 34 nitrogen and oxygen atoms in total. The second-order valence-electron chi connectivity index (χ2n) is 20.3. The molecule has 0 aliphatic carbocycles. The van der Waals surface area contributed by atoms with Crippen molar-refractivity contribution in [2.24, 2.45) is 0 Å². The number of imidazole rings is 1. The van der Waals surface area contributed by atoms with Gasteiger partial charge in [-0.15, -0.1) is 8.67 Å². The SMILES string of the molecule is CC(=O)N[C@H](CCC(=O)NCCOC1OC(CSOOO)C(O)C(SOOO)C1O)C(=O)NCCCOCCOCCOCCCNC(=O)CCCOc1cc(C)c(S(=O)(=O)N[C@@H](CNC(=O)c2ccc3c(cnn3CCCNc3ncc[nH]3)c2)C(=O)O)c(C)c1. The first kappa shape index (κ1) is 75.4. The topological polar surface area (TPSA) is 461 Å². The molecule has 4 aromatic rings. The molecule has 91 heavy (non-hydrogen) atoms. The number of nitrogens with one attached hydrogen (secondary N) is 8. The number of fused-ring (bicyclic) bond motifs is 1. The number of aryl methyl sites for hydroxylation is 3. The van der Waals surface area contributed by atoms with Gasteiger partial charge in [-0.3, -0.25) is 33.4 Å². The van der Waals surface area contributed by atoms with Crippen LogP contribution in [-0.4, -0.2) is 223 Å². The molecule has 1 saturated heterocycles. The maximum Gasteiger partial charge on any atom is 0.323 e. The number of aliphatic hydroxyl groups is 2. The Morgan fingerprint density at radius 1 is 0.780 bits per heavy atom. The van der Waals surface area contributed by atoms with Gasteiger partial charge < -0.3 is 80.6 Å². The highest BCUT2D eigenvalue weighted by Gasteiger charge is 2.46. The van der Waals surface area contributed by atoms with Crippen LogP contribution >= 0.6 is 24.1 Å². The third-order valence-electron chi connectivity index (χ3n) is 13.3. The number of benzene rings is 2. The van der Waals surface area contributed by atoms with Gasteiger partial charge in [-0.1, -0.05) is 10.1 Å². The predicted octanol–water partition coefficient (Wildman–Crippen LogP) is 0.633. The molecule has 5 amide bonds. The smallest absolute Gasteiger partial charge is 0.323 e. The molecule has 5 unspecified atom stereocenters. The summed E-state index contributed by atoms with van der Waals surface area (Å²) in [5.41, 5.74) is 1.63. The number of H-pyrrole nitrogens is 1. The maximum absolute atomic E-state index is 13.6. The van der Waals surface area contributed by atoms with Crippen molar-refractivity contribution in [3.8, 4) is 5.75 Å². The number of aromatic nitrogens is 4. The van der Waals surface area contributed by atoms with Crippen LogP contribution in [0.1, 0.15) is 73.4 Å². The molecular weight excluding hydrogens is 1270 g/mol. The molecular formula is C54H81N11O23S3. The van der Waals surface area contributed by atoms with Gasteiger partial charge in [0.2, 0.25) is 33.7 Å². The van der Waals surface area contributed by atoms with Crippen molar-refractivity contribution in [1.82, 2.24) is 51.1 Å². The maximum atomic E-state index is 13.6. The number of anilines is 1. The number of hydrogen-bond donors (Lipinski definition) is 13. The summed E-state index contributed by atoms with van der Waals surface area (Å²) in [6.07, 6.45) is 1.95. The third-order valence-corrected chi connectivity index (χ3v) is 16.6. The van der Waals surface area contributed by atoms with E-state index < -0.39 is 88.1 Å². The van der Waals surface area contributed by atoms with E-state index in [0.29, 0.717) is 131 Å². The molecule has 2 aromatic heterocycles. The molecule has 3 heterocycles. The normalized spacial score (nSPS) is 17.2. The number of amides is 5. The molecule has 1 aliphatic heterocycles. The Morgan fingerprint density at radius 3 is 2.13 bits per heavy atom. The van der Waals surface area contributed by atoms with Crippen LogP contribution in [0.15, 0.2) is 53.8 Å². The molecule has 1 fully saturated rings. The molecule has 0 bridgehead atoms. The number of aliphatic carboxylic acids is 1. The molecule has 0 spiro atoms. The molecule has 13 N–H and O–H groups in total. The highest BCUT2D eigenvalue weighted by atomic mass is 32.2. The molecule has 1 aliphatic rings. The molecule has 37 heteroatoms. The van der Waals surface area contributed by atoms with Crippen molar-refractivity contribution in [3.63, 3.8) is 0 Å². The van der Waals surface area contributed by atoms with E-state index in [0.717, 1.165) is 11.9 Å². The zero-order valence-electron chi connectivity index (χ0n) is 50.4. The molecule has 5 rings (SSSR count). The first-order chi connectivity index (χ1) is 43.8. The van der Waals surface area contributed by atoms with Crippen molar-refractivity contribution in [1.29, 1.82) is 0 Å². The first-order valence-corrected chi connectivity index (χ1v) is 32.2. The summed E-state index contributed by atoms with van der Waals surface area (Å²) < 4.78 is 73.5. The summed E-state index contributed by atoms with van der Waals surface area (Å²) in [6, 6.07) is 5.28. The van der Waals surface area contributed by atoms with Crippen LogP contribution in [-0.2, 0) is 83.0 Å². The van der Waals surface area contributed by atoms with Crippen LogP contribution < -0.4 is 41.4 Å². The minimum absolute atomic E-state index is 0.0156. The number of aromatic amines is 1. The Morgan fingerprint density at radius 2 is 1.46 bits per heavy atom. The van der Waals surface area contributed by atoms with E-state index in [2.05, 4.69) is 70.4 Å². The summed E-state index contributed by atoms with van der Waals surface area (Å²) in [6.45, 7) is 7.57. The van der Waals surface area contributed by atoms with Crippen molar-refractivity contribution in [3.05, 3.63) is 65.6 Å². The monoisotopic (exact) mass is 1350 g/mol. The van der Waals surface area contributed by atoms with Gasteiger partial charge in [-0.2, -0.15) is 9.82 Å². The van der Waals surface area contributed by atoms with E-state index in [1.165, 1.54) is 19.1 Å². The van der Waals surface area contributed by atoms with Gasteiger partial charge >= 0.3 is 5.97 Å². The summed E-state index contributed by atoms with van der Waals surface area (Å²) in [4.78, 5) is 82.0. The number of carboxylic acid groups (broad SMARTS) is 1. The van der Waals surface area contributed by atoms with Gasteiger partial charge in [0.15, 0.2) is 12.2 Å². The highest BCUT2D eigenvalue weighted by molar-refractivity contribution is 7.95. The summed E-state index contributed by atoms with van der Waals surface area (Å²) in [5.74, 6) is -2.76. The number of ether oxygens (including phenoxy) is 6. The second kappa shape index (κ2) is 41.3. The minimum atomic E-state index is -4.40. The van der Waals surface area contributed by atoms with Crippen molar-refractivity contribution in [2.45, 2.75) is 119 Å². The lowest BCUT2D eigenvalue weighted by Gasteiger charge is -2.41. The van der Waals surface area contributed by atoms with Gasteiger partial charge in [-0.05, 0) is 87.4 Å². The van der Waals surface area contributed by atoms with Crippen LogP contribution in [0.4, 0.5) is 5.95 Å². The Kier molecular flexibility index (Phi) is 34.2.